The van der Waals surface area contributed by atoms with Crippen LogP contribution in [-0.4, -0.2) is 16.3 Å². The number of anilines is 1. The molecule has 3 rings (SSSR count). The maximum absolute atomic E-state index is 13.0. The number of halogens is 3. The van der Waals surface area contributed by atoms with E-state index in [0.717, 1.165) is 17.3 Å². The van der Waals surface area contributed by atoms with Crippen LogP contribution in [0.25, 0.3) is 5.69 Å². The SMILES string of the molecule is N#Cc1ccc(NCCc2ccc(-n3cccn3)cc2)cc1C(F)(F)F. The van der Waals surface area contributed by atoms with Gasteiger partial charge in [-0.2, -0.15) is 23.5 Å². The van der Waals surface area contributed by atoms with Crippen molar-refractivity contribution >= 4 is 5.69 Å². The second-order valence-corrected chi connectivity index (χ2v) is 5.66. The Morgan fingerprint density at radius 2 is 1.88 bits per heavy atom. The summed E-state index contributed by atoms with van der Waals surface area (Å²) >= 11 is 0. The van der Waals surface area contributed by atoms with Gasteiger partial charge in [-0.1, -0.05) is 12.1 Å². The number of nitrogens with one attached hydrogen (secondary N) is 1. The summed E-state index contributed by atoms with van der Waals surface area (Å²) in [5.41, 5.74) is 1.03. The summed E-state index contributed by atoms with van der Waals surface area (Å²) in [4.78, 5) is 0. The topological polar surface area (TPSA) is 53.6 Å². The van der Waals surface area contributed by atoms with Crippen molar-refractivity contribution in [2.45, 2.75) is 12.6 Å². The first-order valence-corrected chi connectivity index (χ1v) is 7.91. The molecule has 0 bridgehead atoms. The zero-order valence-electron chi connectivity index (χ0n) is 13.7. The summed E-state index contributed by atoms with van der Waals surface area (Å²) in [5.74, 6) is 0. The largest absolute Gasteiger partial charge is 0.417 e. The number of alkyl halides is 3. The van der Waals surface area contributed by atoms with Gasteiger partial charge in [-0.15, -0.1) is 0 Å². The van der Waals surface area contributed by atoms with E-state index in [1.54, 1.807) is 16.9 Å². The Balaban J connectivity index is 1.62. The lowest BCUT2D eigenvalue weighted by Crippen LogP contribution is -2.10. The van der Waals surface area contributed by atoms with Gasteiger partial charge in [0.05, 0.1) is 22.9 Å². The predicted octanol–water partition coefficient (Wildman–Crippen LogP) is 4.42. The third-order valence-corrected chi connectivity index (χ3v) is 3.89. The van der Waals surface area contributed by atoms with Gasteiger partial charge in [0.15, 0.2) is 0 Å². The van der Waals surface area contributed by atoms with E-state index in [9.17, 15) is 13.2 Å². The molecule has 1 aromatic heterocycles. The van der Waals surface area contributed by atoms with Gasteiger partial charge in [0.2, 0.25) is 0 Å². The molecule has 132 valence electrons. The highest BCUT2D eigenvalue weighted by Gasteiger charge is 2.33. The number of benzene rings is 2. The Hall–Kier alpha value is -3.27. The molecule has 3 aromatic rings. The van der Waals surface area contributed by atoms with Crippen LogP contribution in [0, 0.1) is 11.3 Å². The van der Waals surface area contributed by atoms with E-state index < -0.39 is 11.7 Å². The summed E-state index contributed by atoms with van der Waals surface area (Å²) in [6.45, 7) is 0.477. The minimum Gasteiger partial charge on any atom is -0.385 e. The third kappa shape index (κ3) is 4.03. The van der Waals surface area contributed by atoms with Crippen LogP contribution in [0.2, 0.25) is 0 Å². The molecule has 4 nitrogen and oxygen atoms in total. The fourth-order valence-electron chi connectivity index (χ4n) is 2.57. The summed E-state index contributed by atoms with van der Waals surface area (Å²) in [7, 11) is 0. The van der Waals surface area contributed by atoms with Crippen molar-refractivity contribution in [3.05, 3.63) is 77.6 Å². The van der Waals surface area contributed by atoms with E-state index in [4.69, 9.17) is 5.26 Å². The summed E-state index contributed by atoms with van der Waals surface area (Å²) in [5, 5.41) is 15.9. The molecule has 0 aliphatic heterocycles. The fraction of sp³-hybridized carbons (Fsp3) is 0.158. The normalized spacial score (nSPS) is 11.2. The van der Waals surface area contributed by atoms with Gasteiger partial charge in [-0.05, 0) is 48.4 Å². The molecule has 2 aromatic carbocycles. The molecule has 0 fully saturated rings. The monoisotopic (exact) mass is 356 g/mol. The first-order valence-electron chi connectivity index (χ1n) is 7.91. The molecule has 1 heterocycles. The lowest BCUT2D eigenvalue weighted by Gasteiger charge is -2.12. The maximum Gasteiger partial charge on any atom is 0.417 e. The highest BCUT2D eigenvalue weighted by Crippen LogP contribution is 2.33. The number of nitriles is 1. The number of hydrogen-bond donors (Lipinski definition) is 1. The van der Waals surface area contributed by atoms with Gasteiger partial charge in [-0.25, -0.2) is 4.68 Å². The summed E-state index contributed by atoms with van der Waals surface area (Å²) in [6.07, 6.45) is -0.351. The molecule has 0 spiro atoms. The average Bonchev–Trinajstić information content (AvgIpc) is 3.16. The number of nitrogens with zero attached hydrogens (tertiary/aromatic N) is 3. The van der Waals surface area contributed by atoms with Crippen molar-refractivity contribution in [1.82, 2.24) is 9.78 Å². The first kappa shape index (κ1) is 17.5. The van der Waals surface area contributed by atoms with Gasteiger partial charge in [0.25, 0.3) is 0 Å². The molecule has 0 aliphatic carbocycles. The van der Waals surface area contributed by atoms with Gasteiger partial charge >= 0.3 is 6.18 Å². The molecule has 0 amide bonds. The van der Waals surface area contributed by atoms with Gasteiger partial charge < -0.3 is 5.32 Å². The number of hydrogen-bond acceptors (Lipinski definition) is 3. The smallest absolute Gasteiger partial charge is 0.385 e. The Labute approximate surface area is 148 Å². The van der Waals surface area contributed by atoms with Crippen molar-refractivity contribution < 1.29 is 13.2 Å². The lowest BCUT2D eigenvalue weighted by atomic mass is 10.1. The van der Waals surface area contributed by atoms with Crippen LogP contribution in [0.5, 0.6) is 0 Å². The Morgan fingerprint density at radius 3 is 2.50 bits per heavy atom. The third-order valence-electron chi connectivity index (χ3n) is 3.89. The van der Waals surface area contributed by atoms with Crippen molar-refractivity contribution in [2.75, 3.05) is 11.9 Å². The first-order chi connectivity index (χ1) is 12.5. The Kier molecular flexibility index (Phi) is 4.94. The second-order valence-electron chi connectivity index (χ2n) is 5.66. The predicted molar refractivity (Wildman–Crippen MR) is 91.9 cm³/mol. The molecule has 0 atom stereocenters. The molecular weight excluding hydrogens is 341 g/mol. The number of aromatic nitrogens is 2. The molecule has 0 radical (unpaired) electrons. The fourth-order valence-corrected chi connectivity index (χ4v) is 2.57. The van der Waals surface area contributed by atoms with E-state index in [-0.39, 0.29) is 5.56 Å². The molecule has 0 unspecified atom stereocenters. The summed E-state index contributed by atoms with van der Waals surface area (Å²) < 4.78 is 40.7. The molecular formula is C19H15F3N4. The van der Waals surface area contributed by atoms with E-state index in [1.165, 1.54) is 12.1 Å². The van der Waals surface area contributed by atoms with Crippen molar-refractivity contribution in [3.8, 4) is 11.8 Å². The standard InChI is InChI=1S/C19H15F3N4/c20-19(21,22)18-12-16(5-4-15(18)13-23)24-10-8-14-2-6-17(7-3-14)26-11-1-9-25-26/h1-7,9,11-12,24H,8,10H2. The van der Waals surface area contributed by atoms with Crippen LogP contribution in [0.4, 0.5) is 18.9 Å². The van der Waals surface area contributed by atoms with Crippen LogP contribution < -0.4 is 5.32 Å². The molecule has 0 saturated carbocycles. The van der Waals surface area contributed by atoms with Crippen LogP contribution in [0.1, 0.15) is 16.7 Å². The van der Waals surface area contributed by atoms with Gasteiger partial charge in [-0.3, -0.25) is 0 Å². The van der Waals surface area contributed by atoms with Crippen LogP contribution in [-0.2, 0) is 12.6 Å². The van der Waals surface area contributed by atoms with Gasteiger partial charge in [0, 0.05) is 24.6 Å². The van der Waals surface area contributed by atoms with Gasteiger partial charge in [0.1, 0.15) is 0 Å². The molecule has 7 heteroatoms. The zero-order valence-corrected chi connectivity index (χ0v) is 13.7. The number of rotatable bonds is 5. The Morgan fingerprint density at radius 1 is 1.12 bits per heavy atom. The highest BCUT2D eigenvalue weighted by atomic mass is 19.4. The van der Waals surface area contributed by atoms with Crippen LogP contribution in [0.3, 0.4) is 0 Å². The highest BCUT2D eigenvalue weighted by molar-refractivity contribution is 5.53. The van der Waals surface area contributed by atoms with E-state index in [2.05, 4.69) is 10.4 Å². The summed E-state index contributed by atoms with van der Waals surface area (Å²) in [6, 6.07) is 14.8. The molecule has 26 heavy (non-hydrogen) atoms. The van der Waals surface area contributed by atoms with E-state index in [1.807, 2.05) is 36.5 Å². The zero-order chi connectivity index (χ0) is 18.6. The van der Waals surface area contributed by atoms with Crippen LogP contribution >= 0.6 is 0 Å². The molecule has 0 saturated heterocycles. The quantitative estimate of drug-likeness (QED) is 0.736. The lowest BCUT2D eigenvalue weighted by molar-refractivity contribution is -0.137. The molecule has 0 aliphatic rings. The second kappa shape index (κ2) is 7.31. The minimum absolute atomic E-state index is 0.337. The van der Waals surface area contributed by atoms with Crippen LogP contribution in [0.15, 0.2) is 60.9 Å². The average molecular weight is 356 g/mol. The van der Waals surface area contributed by atoms with E-state index in [0.29, 0.717) is 18.7 Å². The minimum atomic E-state index is -4.55. The Bertz CT molecular complexity index is 907. The van der Waals surface area contributed by atoms with Crippen molar-refractivity contribution in [3.63, 3.8) is 0 Å². The molecule has 1 N–H and O–H groups in total. The van der Waals surface area contributed by atoms with Crippen molar-refractivity contribution in [1.29, 1.82) is 5.26 Å². The van der Waals surface area contributed by atoms with E-state index >= 15 is 0 Å². The van der Waals surface area contributed by atoms with Crippen molar-refractivity contribution in [2.24, 2.45) is 0 Å². The maximum atomic E-state index is 13.0.